The fourth-order valence-electron chi connectivity index (χ4n) is 4.41. The summed E-state index contributed by atoms with van der Waals surface area (Å²) in [5.74, 6) is -1.73. The Labute approximate surface area is 182 Å². The van der Waals surface area contributed by atoms with Crippen LogP contribution in [0.25, 0.3) is 5.57 Å². The van der Waals surface area contributed by atoms with Crippen molar-refractivity contribution in [2.45, 2.75) is 5.54 Å². The SMILES string of the molecule is O=C1C(O)=C(c2ccccc2)C2(CNc3cc(Cl)ccc32)N1c1cc(Cl)ccc1F. The van der Waals surface area contributed by atoms with Gasteiger partial charge in [0.25, 0.3) is 5.91 Å². The largest absolute Gasteiger partial charge is 0.503 e. The Morgan fingerprint density at radius 1 is 1.00 bits per heavy atom. The average Bonchev–Trinajstić information content (AvgIpc) is 3.20. The van der Waals surface area contributed by atoms with E-state index < -0.39 is 23.0 Å². The van der Waals surface area contributed by atoms with E-state index in [1.165, 1.54) is 23.1 Å². The van der Waals surface area contributed by atoms with Crippen LogP contribution in [0.1, 0.15) is 11.1 Å². The molecule has 0 bridgehead atoms. The molecule has 0 fully saturated rings. The summed E-state index contributed by atoms with van der Waals surface area (Å²) in [7, 11) is 0. The second kappa shape index (κ2) is 6.76. The maximum atomic E-state index is 14.9. The van der Waals surface area contributed by atoms with Gasteiger partial charge in [0.1, 0.15) is 11.4 Å². The number of halogens is 3. The van der Waals surface area contributed by atoms with Crippen LogP contribution in [-0.4, -0.2) is 17.6 Å². The van der Waals surface area contributed by atoms with Crippen molar-refractivity contribution < 1.29 is 14.3 Å². The third-order valence-corrected chi connectivity index (χ3v) is 6.08. The average molecular weight is 441 g/mol. The van der Waals surface area contributed by atoms with Crippen LogP contribution in [0.3, 0.4) is 0 Å². The van der Waals surface area contributed by atoms with E-state index in [-0.39, 0.29) is 17.3 Å². The van der Waals surface area contributed by atoms with Crippen LogP contribution in [0.15, 0.2) is 72.5 Å². The highest BCUT2D eigenvalue weighted by atomic mass is 35.5. The van der Waals surface area contributed by atoms with Gasteiger partial charge in [-0.3, -0.25) is 9.69 Å². The van der Waals surface area contributed by atoms with Crippen LogP contribution in [0.5, 0.6) is 0 Å². The summed E-state index contributed by atoms with van der Waals surface area (Å²) in [4.78, 5) is 14.6. The molecule has 2 aliphatic rings. The van der Waals surface area contributed by atoms with E-state index in [0.29, 0.717) is 27.4 Å². The first-order valence-electron chi connectivity index (χ1n) is 9.26. The van der Waals surface area contributed by atoms with E-state index in [4.69, 9.17) is 23.2 Å². The van der Waals surface area contributed by atoms with Gasteiger partial charge in [-0.25, -0.2) is 4.39 Å². The lowest BCUT2D eigenvalue weighted by molar-refractivity contribution is -0.117. The summed E-state index contributed by atoms with van der Waals surface area (Å²) in [5.41, 5.74) is 1.32. The van der Waals surface area contributed by atoms with E-state index in [1.54, 1.807) is 18.2 Å². The van der Waals surface area contributed by atoms with E-state index in [9.17, 15) is 14.3 Å². The predicted octanol–water partition coefficient (Wildman–Crippen LogP) is 5.77. The summed E-state index contributed by atoms with van der Waals surface area (Å²) in [6, 6.07) is 18.4. The zero-order valence-corrected chi connectivity index (χ0v) is 17.0. The molecule has 2 N–H and O–H groups in total. The first-order chi connectivity index (χ1) is 14.4. The number of benzene rings is 3. The van der Waals surface area contributed by atoms with Gasteiger partial charge in [-0.1, -0.05) is 59.6 Å². The van der Waals surface area contributed by atoms with Crippen molar-refractivity contribution in [2.75, 3.05) is 16.8 Å². The molecule has 1 amide bonds. The van der Waals surface area contributed by atoms with Crippen LogP contribution < -0.4 is 10.2 Å². The van der Waals surface area contributed by atoms with Crippen molar-refractivity contribution in [1.82, 2.24) is 0 Å². The number of nitrogens with one attached hydrogen (secondary N) is 1. The van der Waals surface area contributed by atoms with Gasteiger partial charge < -0.3 is 10.4 Å². The number of rotatable bonds is 2. The Kier molecular flexibility index (Phi) is 4.27. The molecule has 5 rings (SSSR count). The van der Waals surface area contributed by atoms with E-state index >= 15 is 0 Å². The van der Waals surface area contributed by atoms with Crippen molar-refractivity contribution in [3.8, 4) is 0 Å². The molecule has 1 unspecified atom stereocenters. The molecule has 1 atom stereocenters. The number of fused-ring (bicyclic) bond motifs is 2. The molecule has 0 aliphatic carbocycles. The van der Waals surface area contributed by atoms with Gasteiger partial charge in [0, 0.05) is 33.4 Å². The minimum Gasteiger partial charge on any atom is -0.503 e. The van der Waals surface area contributed by atoms with Crippen LogP contribution >= 0.6 is 23.2 Å². The highest BCUT2D eigenvalue weighted by Crippen LogP contribution is 2.55. The lowest BCUT2D eigenvalue weighted by atomic mass is 9.80. The van der Waals surface area contributed by atoms with Gasteiger partial charge in [-0.05, 0) is 35.9 Å². The van der Waals surface area contributed by atoms with E-state index in [2.05, 4.69) is 5.32 Å². The second-order valence-corrected chi connectivity index (χ2v) is 8.10. The molecule has 2 aliphatic heterocycles. The Hall–Kier alpha value is -3.02. The number of anilines is 2. The fraction of sp³-hybridized carbons (Fsp3) is 0.0870. The molecule has 0 radical (unpaired) electrons. The van der Waals surface area contributed by atoms with Crippen molar-refractivity contribution in [2.24, 2.45) is 0 Å². The number of nitrogens with zero attached hydrogens (tertiary/aromatic N) is 1. The quantitative estimate of drug-likeness (QED) is 0.531. The molecular weight excluding hydrogens is 426 g/mol. The smallest absolute Gasteiger partial charge is 0.294 e. The van der Waals surface area contributed by atoms with Gasteiger partial charge in [0.15, 0.2) is 5.76 Å². The predicted molar refractivity (Wildman–Crippen MR) is 117 cm³/mol. The van der Waals surface area contributed by atoms with Crippen LogP contribution in [0.2, 0.25) is 10.0 Å². The third kappa shape index (κ3) is 2.56. The number of aliphatic hydroxyl groups excluding tert-OH is 1. The molecule has 150 valence electrons. The number of amides is 1. The zero-order valence-electron chi connectivity index (χ0n) is 15.5. The number of hydrogen-bond acceptors (Lipinski definition) is 3. The second-order valence-electron chi connectivity index (χ2n) is 7.23. The zero-order chi connectivity index (χ0) is 21.0. The van der Waals surface area contributed by atoms with Crippen LogP contribution in [0, 0.1) is 5.82 Å². The summed E-state index contributed by atoms with van der Waals surface area (Å²) in [5, 5.41) is 15.1. The Morgan fingerprint density at radius 2 is 1.70 bits per heavy atom. The molecule has 0 aromatic heterocycles. The standard InChI is InChI=1S/C23H15Cl2FN2O2/c24-14-6-8-16-18(10-14)27-12-23(16)20(13-4-2-1-3-5-13)21(29)22(30)28(23)19-11-15(25)7-9-17(19)26/h1-11,27,29H,12H2. The van der Waals surface area contributed by atoms with Gasteiger partial charge in [0.2, 0.25) is 0 Å². The van der Waals surface area contributed by atoms with Crippen molar-refractivity contribution in [1.29, 1.82) is 0 Å². The van der Waals surface area contributed by atoms with Crippen molar-refractivity contribution in [3.05, 3.63) is 99.5 Å². The van der Waals surface area contributed by atoms with E-state index in [0.717, 1.165) is 0 Å². The summed E-state index contributed by atoms with van der Waals surface area (Å²) in [6.45, 7) is 0.231. The number of aliphatic hydroxyl groups is 1. The van der Waals surface area contributed by atoms with Crippen LogP contribution in [0.4, 0.5) is 15.8 Å². The van der Waals surface area contributed by atoms with Gasteiger partial charge >= 0.3 is 0 Å². The molecular formula is C23H15Cl2FN2O2. The molecule has 30 heavy (non-hydrogen) atoms. The third-order valence-electron chi connectivity index (χ3n) is 5.61. The van der Waals surface area contributed by atoms with Gasteiger partial charge in [-0.15, -0.1) is 0 Å². The maximum Gasteiger partial charge on any atom is 0.294 e. The molecule has 0 saturated carbocycles. The van der Waals surface area contributed by atoms with Crippen molar-refractivity contribution in [3.63, 3.8) is 0 Å². The number of hydrogen-bond donors (Lipinski definition) is 2. The maximum absolute atomic E-state index is 14.9. The first kappa shape index (κ1) is 19.0. The lowest BCUT2D eigenvalue weighted by Crippen LogP contribution is -2.48. The lowest BCUT2D eigenvalue weighted by Gasteiger charge is -2.37. The molecule has 2 heterocycles. The first-order valence-corrected chi connectivity index (χ1v) is 10.0. The number of carbonyl (C=O) groups excluding carboxylic acids is 1. The topological polar surface area (TPSA) is 52.6 Å². The Bertz CT molecular complexity index is 1230. The van der Waals surface area contributed by atoms with Crippen molar-refractivity contribution >= 4 is 46.1 Å². The molecule has 3 aromatic rings. The normalized spacial score (nSPS) is 20.1. The van der Waals surface area contributed by atoms with Crippen LogP contribution in [-0.2, 0) is 10.3 Å². The number of carbonyl (C=O) groups is 1. The summed E-state index contributed by atoms with van der Waals surface area (Å²) >= 11 is 12.3. The Balaban J connectivity index is 1.84. The monoisotopic (exact) mass is 440 g/mol. The summed E-state index contributed by atoms with van der Waals surface area (Å²) < 4.78 is 14.9. The Morgan fingerprint density at radius 3 is 2.47 bits per heavy atom. The molecule has 3 aromatic carbocycles. The molecule has 1 spiro atoms. The minimum atomic E-state index is -1.17. The minimum absolute atomic E-state index is 0.00502. The highest BCUT2D eigenvalue weighted by molar-refractivity contribution is 6.31. The highest BCUT2D eigenvalue weighted by Gasteiger charge is 2.57. The molecule has 7 heteroatoms. The van der Waals surface area contributed by atoms with Gasteiger partial charge in [-0.2, -0.15) is 0 Å². The fourth-order valence-corrected chi connectivity index (χ4v) is 4.75. The van der Waals surface area contributed by atoms with Gasteiger partial charge in [0.05, 0.1) is 5.69 Å². The summed E-state index contributed by atoms with van der Waals surface area (Å²) in [6.07, 6.45) is 0. The molecule has 4 nitrogen and oxygen atoms in total. The van der Waals surface area contributed by atoms with E-state index in [1.807, 2.05) is 30.3 Å². The molecule has 0 saturated heterocycles.